The summed E-state index contributed by atoms with van der Waals surface area (Å²) in [6.07, 6.45) is 2.75. The number of aldehydes is 1. The highest BCUT2D eigenvalue weighted by atomic mass is 35.5. The van der Waals surface area contributed by atoms with Crippen molar-refractivity contribution in [2.75, 3.05) is 0 Å². The van der Waals surface area contributed by atoms with Crippen LogP contribution in [0.3, 0.4) is 0 Å². The SMILES string of the molecule is O=Cc1cn(Cc2ccc(OCc3ccccc3)cc2)c2cc(Cl)ccc12. The molecule has 1 heterocycles. The highest BCUT2D eigenvalue weighted by molar-refractivity contribution is 6.31. The van der Waals surface area contributed by atoms with Crippen molar-refractivity contribution in [2.45, 2.75) is 13.2 Å². The minimum Gasteiger partial charge on any atom is -0.489 e. The average Bonchev–Trinajstić information content (AvgIpc) is 3.05. The number of nitrogens with zero attached hydrogens (tertiary/aromatic N) is 1. The molecule has 0 aliphatic rings. The van der Waals surface area contributed by atoms with E-state index in [2.05, 4.69) is 0 Å². The molecule has 0 atom stereocenters. The third-order valence-electron chi connectivity index (χ3n) is 4.53. The predicted molar refractivity (Wildman–Crippen MR) is 109 cm³/mol. The molecule has 0 unspecified atom stereocenters. The largest absolute Gasteiger partial charge is 0.489 e. The van der Waals surface area contributed by atoms with Gasteiger partial charge in [-0.2, -0.15) is 0 Å². The summed E-state index contributed by atoms with van der Waals surface area (Å²) >= 11 is 6.13. The molecule has 4 rings (SSSR count). The van der Waals surface area contributed by atoms with Crippen LogP contribution in [0.2, 0.25) is 5.02 Å². The second-order valence-electron chi connectivity index (χ2n) is 6.41. The van der Waals surface area contributed by atoms with Gasteiger partial charge < -0.3 is 9.30 Å². The van der Waals surface area contributed by atoms with Crippen LogP contribution in [-0.4, -0.2) is 10.9 Å². The fourth-order valence-corrected chi connectivity index (χ4v) is 3.31. The van der Waals surface area contributed by atoms with E-state index in [9.17, 15) is 4.79 Å². The first kappa shape index (κ1) is 17.4. The molecule has 0 N–H and O–H groups in total. The maximum Gasteiger partial charge on any atom is 0.152 e. The first-order valence-corrected chi connectivity index (χ1v) is 9.10. The van der Waals surface area contributed by atoms with Crippen molar-refractivity contribution in [3.63, 3.8) is 0 Å². The van der Waals surface area contributed by atoms with Crippen LogP contribution in [0.1, 0.15) is 21.5 Å². The van der Waals surface area contributed by atoms with Crippen molar-refractivity contribution in [1.82, 2.24) is 4.57 Å². The monoisotopic (exact) mass is 375 g/mol. The molecule has 0 radical (unpaired) electrons. The Bertz CT molecular complexity index is 1070. The number of hydrogen-bond acceptors (Lipinski definition) is 2. The maximum atomic E-state index is 11.3. The lowest BCUT2D eigenvalue weighted by Crippen LogP contribution is -1.99. The van der Waals surface area contributed by atoms with Crippen molar-refractivity contribution >= 4 is 28.8 Å². The van der Waals surface area contributed by atoms with Gasteiger partial charge in [-0.1, -0.05) is 60.1 Å². The summed E-state index contributed by atoms with van der Waals surface area (Å²) in [5.41, 5.74) is 3.88. The van der Waals surface area contributed by atoms with Gasteiger partial charge in [0.05, 0.1) is 5.52 Å². The topological polar surface area (TPSA) is 31.2 Å². The Kier molecular flexibility index (Phi) is 4.95. The van der Waals surface area contributed by atoms with Crippen LogP contribution >= 0.6 is 11.6 Å². The Morgan fingerprint density at radius 3 is 2.44 bits per heavy atom. The molecule has 4 heteroatoms. The van der Waals surface area contributed by atoms with Crippen LogP contribution in [0.25, 0.3) is 10.9 Å². The minimum atomic E-state index is 0.545. The van der Waals surface area contributed by atoms with Gasteiger partial charge in [0.2, 0.25) is 0 Å². The molecule has 0 bridgehead atoms. The van der Waals surface area contributed by atoms with Gasteiger partial charge in [-0.3, -0.25) is 4.79 Å². The minimum absolute atomic E-state index is 0.545. The van der Waals surface area contributed by atoms with Gasteiger partial charge in [-0.15, -0.1) is 0 Å². The zero-order valence-corrected chi connectivity index (χ0v) is 15.4. The molecular formula is C23H18ClNO2. The van der Waals surface area contributed by atoms with Crippen molar-refractivity contribution in [2.24, 2.45) is 0 Å². The fraction of sp³-hybridized carbons (Fsp3) is 0.0870. The normalized spacial score (nSPS) is 10.9. The maximum absolute atomic E-state index is 11.3. The molecule has 0 spiro atoms. The van der Waals surface area contributed by atoms with Crippen LogP contribution in [0.15, 0.2) is 79.0 Å². The summed E-state index contributed by atoms with van der Waals surface area (Å²) in [5.74, 6) is 0.830. The molecule has 0 aliphatic carbocycles. The Labute approximate surface area is 162 Å². The lowest BCUT2D eigenvalue weighted by Gasteiger charge is -2.09. The van der Waals surface area contributed by atoms with E-state index in [1.807, 2.05) is 77.5 Å². The van der Waals surface area contributed by atoms with E-state index in [0.717, 1.165) is 34.1 Å². The number of benzene rings is 3. The summed E-state index contributed by atoms with van der Waals surface area (Å²) in [6.45, 7) is 1.20. The predicted octanol–water partition coefficient (Wildman–Crippen LogP) is 5.73. The van der Waals surface area contributed by atoms with E-state index >= 15 is 0 Å². The highest BCUT2D eigenvalue weighted by Crippen LogP contribution is 2.25. The van der Waals surface area contributed by atoms with Gasteiger partial charge in [0.15, 0.2) is 6.29 Å². The smallest absolute Gasteiger partial charge is 0.152 e. The summed E-state index contributed by atoms with van der Waals surface area (Å²) < 4.78 is 7.88. The number of ether oxygens (including phenoxy) is 1. The van der Waals surface area contributed by atoms with Gasteiger partial charge in [-0.05, 0) is 35.4 Å². The lowest BCUT2D eigenvalue weighted by molar-refractivity contribution is 0.112. The number of carbonyl (C=O) groups is 1. The molecule has 1 aromatic heterocycles. The standard InChI is InChI=1S/C23H18ClNO2/c24-20-8-11-22-19(15-26)14-25(23(22)12-20)13-17-6-9-21(10-7-17)27-16-18-4-2-1-3-5-18/h1-12,14-15H,13,16H2. The van der Waals surface area contributed by atoms with Crippen LogP contribution in [0.5, 0.6) is 5.75 Å². The second-order valence-corrected chi connectivity index (χ2v) is 6.85. The number of hydrogen-bond donors (Lipinski definition) is 0. The first-order valence-electron chi connectivity index (χ1n) is 8.72. The Morgan fingerprint density at radius 2 is 1.70 bits per heavy atom. The fourth-order valence-electron chi connectivity index (χ4n) is 3.15. The van der Waals surface area contributed by atoms with Gasteiger partial charge in [0.25, 0.3) is 0 Å². The van der Waals surface area contributed by atoms with Crippen molar-refractivity contribution in [3.8, 4) is 5.75 Å². The molecule has 4 aromatic rings. The number of halogens is 1. The summed E-state index contributed by atoms with van der Waals surface area (Å²) in [6, 6.07) is 23.7. The van der Waals surface area contributed by atoms with Crippen molar-refractivity contribution in [3.05, 3.63) is 101 Å². The van der Waals surface area contributed by atoms with E-state index in [1.165, 1.54) is 0 Å². The Morgan fingerprint density at radius 1 is 0.926 bits per heavy atom. The first-order chi connectivity index (χ1) is 13.2. The third-order valence-corrected chi connectivity index (χ3v) is 4.76. The molecule has 134 valence electrons. The van der Waals surface area contributed by atoms with E-state index in [1.54, 1.807) is 6.07 Å². The van der Waals surface area contributed by atoms with Crippen LogP contribution in [-0.2, 0) is 13.2 Å². The molecule has 0 amide bonds. The highest BCUT2D eigenvalue weighted by Gasteiger charge is 2.09. The van der Waals surface area contributed by atoms with E-state index in [0.29, 0.717) is 23.7 Å². The number of carbonyl (C=O) groups excluding carboxylic acids is 1. The summed E-state index contributed by atoms with van der Waals surface area (Å²) in [7, 11) is 0. The zero-order valence-electron chi connectivity index (χ0n) is 14.6. The molecule has 0 saturated heterocycles. The van der Waals surface area contributed by atoms with E-state index in [-0.39, 0.29) is 0 Å². The molecule has 3 nitrogen and oxygen atoms in total. The van der Waals surface area contributed by atoms with Crippen molar-refractivity contribution < 1.29 is 9.53 Å². The second kappa shape index (κ2) is 7.68. The van der Waals surface area contributed by atoms with Crippen molar-refractivity contribution in [1.29, 1.82) is 0 Å². The number of rotatable bonds is 6. The molecule has 3 aromatic carbocycles. The third kappa shape index (κ3) is 3.88. The van der Waals surface area contributed by atoms with Crippen LogP contribution < -0.4 is 4.74 Å². The Hall–Kier alpha value is -3.04. The molecule has 0 saturated carbocycles. The molecule has 27 heavy (non-hydrogen) atoms. The van der Waals surface area contributed by atoms with E-state index < -0.39 is 0 Å². The quantitative estimate of drug-likeness (QED) is 0.403. The average molecular weight is 376 g/mol. The van der Waals surface area contributed by atoms with Gasteiger partial charge in [0, 0.05) is 28.7 Å². The summed E-state index contributed by atoms with van der Waals surface area (Å²) in [5, 5.41) is 1.57. The molecule has 0 aliphatic heterocycles. The zero-order chi connectivity index (χ0) is 18.6. The number of aromatic nitrogens is 1. The van der Waals surface area contributed by atoms with Gasteiger partial charge >= 0.3 is 0 Å². The van der Waals surface area contributed by atoms with Crippen LogP contribution in [0.4, 0.5) is 0 Å². The number of fused-ring (bicyclic) bond motifs is 1. The molecular weight excluding hydrogens is 358 g/mol. The van der Waals surface area contributed by atoms with Gasteiger partial charge in [-0.25, -0.2) is 0 Å². The van der Waals surface area contributed by atoms with Gasteiger partial charge in [0.1, 0.15) is 12.4 Å². The molecule has 0 fully saturated rings. The van der Waals surface area contributed by atoms with Crippen LogP contribution in [0, 0.1) is 0 Å². The Balaban J connectivity index is 1.51. The summed E-state index contributed by atoms with van der Waals surface area (Å²) in [4.78, 5) is 11.3. The van der Waals surface area contributed by atoms with E-state index in [4.69, 9.17) is 16.3 Å². The lowest BCUT2D eigenvalue weighted by atomic mass is 10.2.